The van der Waals surface area contributed by atoms with E-state index in [2.05, 4.69) is 43.1 Å². The molecule has 2 rings (SSSR count). The van der Waals surface area contributed by atoms with E-state index in [1.54, 1.807) is 0 Å². The van der Waals surface area contributed by atoms with Crippen LogP contribution in [0.4, 0.5) is 0 Å². The molecule has 1 aromatic rings. The van der Waals surface area contributed by atoms with Gasteiger partial charge in [-0.2, -0.15) is 0 Å². The summed E-state index contributed by atoms with van der Waals surface area (Å²) in [4.78, 5) is 2.49. The summed E-state index contributed by atoms with van der Waals surface area (Å²) in [6.45, 7) is 3.40. The molecular formula is C13H19N. The zero-order chi connectivity index (χ0) is 9.97. The van der Waals surface area contributed by atoms with E-state index in [0.29, 0.717) is 0 Å². The van der Waals surface area contributed by atoms with E-state index < -0.39 is 0 Å². The zero-order valence-electron chi connectivity index (χ0n) is 9.16. The summed E-state index contributed by atoms with van der Waals surface area (Å²) in [6, 6.07) is 9.59. The van der Waals surface area contributed by atoms with Crippen molar-refractivity contribution in [1.82, 2.24) is 4.90 Å². The maximum Gasteiger partial charge on any atom is 0.00935 e. The molecule has 1 aromatic carbocycles. The average Bonchev–Trinajstić information content (AvgIpc) is 2.99. The number of nitrogens with zero attached hydrogens (tertiary/aromatic N) is 1. The fraction of sp³-hybridized carbons (Fsp3) is 0.538. The quantitative estimate of drug-likeness (QED) is 0.704. The minimum atomic E-state index is 0.888. The van der Waals surface area contributed by atoms with Gasteiger partial charge in [-0.15, -0.1) is 0 Å². The maximum atomic E-state index is 2.49. The fourth-order valence-electron chi connectivity index (χ4n) is 1.89. The molecule has 0 atom stereocenters. The highest BCUT2D eigenvalue weighted by atomic mass is 15.1. The Morgan fingerprint density at radius 1 is 1.29 bits per heavy atom. The summed E-state index contributed by atoms with van der Waals surface area (Å²) < 4.78 is 0. The van der Waals surface area contributed by atoms with Gasteiger partial charge in [0.25, 0.3) is 0 Å². The first-order valence-electron chi connectivity index (χ1n) is 5.52. The van der Waals surface area contributed by atoms with Crippen LogP contribution in [0.15, 0.2) is 24.3 Å². The predicted octanol–water partition coefficient (Wildman–Crippen LogP) is 2.63. The summed E-state index contributed by atoms with van der Waals surface area (Å²) in [7, 11) is 2.25. The predicted molar refractivity (Wildman–Crippen MR) is 60.5 cm³/mol. The number of benzene rings is 1. The number of likely N-dealkylation sites (N-methyl/N-ethyl adjacent to an activating group) is 1. The Morgan fingerprint density at radius 3 is 2.64 bits per heavy atom. The van der Waals surface area contributed by atoms with Crippen molar-refractivity contribution in [3.63, 3.8) is 0 Å². The maximum absolute atomic E-state index is 2.49. The minimum Gasteiger partial charge on any atom is -0.303 e. The van der Waals surface area contributed by atoms with Gasteiger partial charge in [0.2, 0.25) is 0 Å². The zero-order valence-corrected chi connectivity index (χ0v) is 9.16. The molecule has 0 aliphatic heterocycles. The third-order valence-electron chi connectivity index (χ3n) is 3.17. The van der Waals surface area contributed by atoms with Gasteiger partial charge in [0.15, 0.2) is 0 Å². The van der Waals surface area contributed by atoms with Gasteiger partial charge in [-0.3, -0.25) is 0 Å². The highest BCUT2D eigenvalue weighted by Crippen LogP contribution is 2.25. The Kier molecular flexibility index (Phi) is 2.87. The van der Waals surface area contributed by atoms with Crippen molar-refractivity contribution in [3.05, 3.63) is 35.4 Å². The topological polar surface area (TPSA) is 3.24 Å². The number of hydrogen-bond acceptors (Lipinski definition) is 1. The average molecular weight is 189 g/mol. The minimum absolute atomic E-state index is 0.888. The molecule has 0 unspecified atom stereocenters. The Labute approximate surface area is 86.7 Å². The summed E-state index contributed by atoms with van der Waals surface area (Å²) >= 11 is 0. The van der Waals surface area contributed by atoms with Crippen molar-refractivity contribution in [2.75, 3.05) is 13.6 Å². The first kappa shape index (κ1) is 9.72. The van der Waals surface area contributed by atoms with Crippen LogP contribution >= 0.6 is 0 Å². The van der Waals surface area contributed by atoms with E-state index in [1.165, 1.54) is 36.9 Å². The second kappa shape index (κ2) is 4.14. The smallest absolute Gasteiger partial charge is 0.00935 e. The van der Waals surface area contributed by atoms with Crippen molar-refractivity contribution >= 4 is 0 Å². The van der Waals surface area contributed by atoms with Gasteiger partial charge in [-0.05, 0) is 44.4 Å². The summed E-state index contributed by atoms with van der Waals surface area (Å²) in [5.41, 5.74) is 2.93. The van der Waals surface area contributed by atoms with E-state index >= 15 is 0 Å². The van der Waals surface area contributed by atoms with Crippen LogP contribution < -0.4 is 0 Å². The lowest BCUT2D eigenvalue weighted by molar-refractivity contribution is 0.328. The molecule has 0 radical (unpaired) electrons. The highest BCUT2D eigenvalue weighted by molar-refractivity contribution is 5.25. The van der Waals surface area contributed by atoms with Crippen molar-refractivity contribution < 1.29 is 0 Å². The van der Waals surface area contributed by atoms with E-state index in [-0.39, 0.29) is 0 Å². The van der Waals surface area contributed by atoms with Crippen LogP contribution in [0.1, 0.15) is 24.0 Å². The normalized spacial score (nSPS) is 16.2. The third-order valence-corrected chi connectivity index (χ3v) is 3.17. The molecule has 0 bridgehead atoms. The van der Waals surface area contributed by atoms with Gasteiger partial charge in [-0.25, -0.2) is 0 Å². The van der Waals surface area contributed by atoms with Crippen LogP contribution in [0.25, 0.3) is 0 Å². The Balaban J connectivity index is 1.87. The summed E-state index contributed by atoms with van der Waals surface area (Å²) in [5, 5.41) is 0. The second-order valence-corrected chi connectivity index (χ2v) is 4.39. The summed E-state index contributed by atoms with van der Waals surface area (Å²) in [6.07, 6.45) is 4.01. The molecule has 1 aliphatic rings. The van der Waals surface area contributed by atoms with Crippen LogP contribution in [-0.4, -0.2) is 24.5 Å². The molecule has 0 heterocycles. The van der Waals surface area contributed by atoms with Gasteiger partial charge >= 0.3 is 0 Å². The molecule has 0 saturated heterocycles. The van der Waals surface area contributed by atoms with Crippen LogP contribution in [0.3, 0.4) is 0 Å². The van der Waals surface area contributed by atoms with Crippen LogP contribution in [0, 0.1) is 6.92 Å². The van der Waals surface area contributed by atoms with Gasteiger partial charge in [0.05, 0.1) is 0 Å². The van der Waals surface area contributed by atoms with Gasteiger partial charge in [-0.1, -0.05) is 24.3 Å². The Bertz CT molecular complexity index is 302. The van der Waals surface area contributed by atoms with Crippen LogP contribution in [0.5, 0.6) is 0 Å². The van der Waals surface area contributed by atoms with E-state index in [4.69, 9.17) is 0 Å². The molecular weight excluding hydrogens is 170 g/mol. The molecule has 1 saturated carbocycles. The van der Waals surface area contributed by atoms with E-state index in [1.807, 2.05) is 0 Å². The lowest BCUT2D eigenvalue weighted by atomic mass is 10.1. The fourth-order valence-corrected chi connectivity index (χ4v) is 1.89. The van der Waals surface area contributed by atoms with Gasteiger partial charge < -0.3 is 4.90 Å². The monoisotopic (exact) mass is 189 g/mol. The molecule has 0 N–H and O–H groups in total. The number of rotatable bonds is 4. The molecule has 0 aromatic heterocycles. The largest absolute Gasteiger partial charge is 0.303 e. The van der Waals surface area contributed by atoms with Gasteiger partial charge in [0, 0.05) is 12.6 Å². The van der Waals surface area contributed by atoms with Crippen LogP contribution in [0.2, 0.25) is 0 Å². The number of aryl methyl sites for hydroxylation is 1. The lowest BCUT2D eigenvalue weighted by Crippen LogP contribution is -2.23. The molecule has 1 heteroatoms. The summed E-state index contributed by atoms with van der Waals surface area (Å²) in [5.74, 6) is 0. The highest BCUT2D eigenvalue weighted by Gasteiger charge is 2.25. The molecule has 0 amide bonds. The van der Waals surface area contributed by atoms with Crippen LogP contribution in [-0.2, 0) is 6.42 Å². The second-order valence-electron chi connectivity index (χ2n) is 4.39. The molecule has 1 nitrogen and oxygen atoms in total. The van der Waals surface area contributed by atoms with Crippen molar-refractivity contribution in [3.8, 4) is 0 Å². The SMILES string of the molecule is Cc1ccccc1CCN(C)C1CC1. The standard InChI is InChI=1S/C13H19N/c1-11-5-3-4-6-12(11)9-10-14(2)13-7-8-13/h3-6,13H,7-10H2,1-2H3. The Hall–Kier alpha value is -0.820. The first-order valence-corrected chi connectivity index (χ1v) is 5.52. The van der Waals surface area contributed by atoms with E-state index in [9.17, 15) is 0 Å². The third kappa shape index (κ3) is 2.36. The molecule has 1 aliphatic carbocycles. The molecule has 76 valence electrons. The molecule has 14 heavy (non-hydrogen) atoms. The molecule has 1 fully saturated rings. The lowest BCUT2D eigenvalue weighted by Gasteiger charge is -2.16. The van der Waals surface area contributed by atoms with Gasteiger partial charge in [0.1, 0.15) is 0 Å². The Morgan fingerprint density at radius 2 is 2.00 bits per heavy atom. The molecule has 0 spiro atoms. The first-order chi connectivity index (χ1) is 6.77. The van der Waals surface area contributed by atoms with Crippen molar-refractivity contribution in [2.24, 2.45) is 0 Å². The van der Waals surface area contributed by atoms with E-state index in [0.717, 1.165) is 6.04 Å². The number of hydrogen-bond donors (Lipinski definition) is 0. The van der Waals surface area contributed by atoms with Crippen molar-refractivity contribution in [2.45, 2.75) is 32.2 Å². The van der Waals surface area contributed by atoms with Crippen molar-refractivity contribution in [1.29, 1.82) is 0 Å².